The highest BCUT2D eigenvalue weighted by Crippen LogP contribution is 2.32. The molecule has 1 aromatic rings. The molecule has 1 fully saturated rings. The summed E-state index contributed by atoms with van der Waals surface area (Å²) < 4.78 is 5.83. The van der Waals surface area contributed by atoms with Gasteiger partial charge in [0, 0.05) is 11.4 Å². The fraction of sp³-hybridized carbons (Fsp3) is 0.538. The van der Waals surface area contributed by atoms with Gasteiger partial charge in [0.2, 0.25) is 0 Å². The smallest absolute Gasteiger partial charge is 0.310 e. The zero-order valence-corrected chi connectivity index (χ0v) is 11.7. The van der Waals surface area contributed by atoms with Crippen LogP contribution in [0.5, 0.6) is 5.75 Å². The number of nitro groups is 1. The number of hydrogen-bond donors (Lipinski definition) is 0. The SMILES string of the molecule is O=[N+]([O-])c1ccc(CBr)cc1OC1CCCCC1. The maximum atomic E-state index is 11.0. The lowest BCUT2D eigenvalue weighted by Gasteiger charge is -2.23. The second-order valence-corrected chi connectivity index (χ2v) is 5.13. The number of rotatable bonds is 4. The Kier molecular flexibility index (Phi) is 4.58. The van der Waals surface area contributed by atoms with E-state index in [9.17, 15) is 10.1 Å². The van der Waals surface area contributed by atoms with Gasteiger partial charge in [0.05, 0.1) is 11.0 Å². The molecule has 1 aromatic carbocycles. The van der Waals surface area contributed by atoms with Crippen LogP contribution in [0.4, 0.5) is 5.69 Å². The van der Waals surface area contributed by atoms with E-state index in [0.717, 1.165) is 31.2 Å². The first kappa shape index (κ1) is 13.3. The van der Waals surface area contributed by atoms with Crippen LogP contribution in [0.1, 0.15) is 37.7 Å². The number of halogens is 1. The van der Waals surface area contributed by atoms with Gasteiger partial charge in [-0.3, -0.25) is 10.1 Å². The van der Waals surface area contributed by atoms with Gasteiger partial charge in [0.25, 0.3) is 0 Å². The van der Waals surface area contributed by atoms with Crippen molar-refractivity contribution in [3.8, 4) is 5.75 Å². The number of nitrogens with zero attached hydrogens (tertiary/aromatic N) is 1. The molecule has 2 rings (SSSR count). The molecule has 0 heterocycles. The van der Waals surface area contributed by atoms with Gasteiger partial charge in [0.15, 0.2) is 5.75 Å². The molecule has 0 unspecified atom stereocenters. The van der Waals surface area contributed by atoms with Gasteiger partial charge in [-0.05, 0) is 37.3 Å². The molecular formula is C13H16BrNO3. The molecule has 0 N–H and O–H groups in total. The Labute approximate surface area is 115 Å². The molecule has 18 heavy (non-hydrogen) atoms. The maximum Gasteiger partial charge on any atom is 0.310 e. The van der Waals surface area contributed by atoms with Crippen molar-refractivity contribution in [2.75, 3.05) is 0 Å². The van der Waals surface area contributed by atoms with Gasteiger partial charge in [-0.25, -0.2) is 0 Å². The van der Waals surface area contributed by atoms with Crippen molar-refractivity contribution in [3.63, 3.8) is 0 Å². The van der Waals surface area contributed by atoms with Crippen LogP contribution in [0.3, 0.4) is 0 Å². The number of ether oxygens (including phenoxy) is 1. The highest BCUT2D eigenvalue weighted by atomic mass is 79.9. The highest BCUT2D eigenvalue weighted by Gasteiger charge is 2.21. The zero-order chi connectivity index (χ0) is 13.0. The average molecular weight is 314 g/mol. The van der Waals surface area contributed by atoms with Gasteiger partial charge >= 0.3 is 5.69 Å². The molecule has 0 saturated heterocycles. The molecule has 98 valence electrons. The third kappa shape index (κ3) is 3.22. The molecule has 0 amide bonds. The number of nitro benzene ring substituents is 1. The normalized spacial score (nSPS) is 16.5. The Hall–Kier alpha value is -1.10. The molecule has 1 aliphatic rings. The quantitative estimate of drug-likeness (QED) is 0.475. The summed E-state index contributed by atoms with van der Waals surface area (Å²) in [4.78, 5) is 10.6. The van der Waals surface area contributed by atoms with Crippen LogP contribution >= 0.6 is 15.9 Å². The van der Waals surface area contributed by atoms with Gasteiger partial charge in [-0.15, -0.1) is 0 Å². The van der Waals surface area contributed by atoms with Crippen molar-refractivity contribution in [1.82, 2.24) is 0 Å². The van der Waals surface area contributed by atoms with Crippen molar-refractivity contribution >= 4 is 21.6 Å². The number of alkyl halides is 1. The number of hydrogen-bond acceptors (Lipinski definition) is 3. The first-order valence-electron chi connectivity index (χ1n) is 6.20. The van der Waals surface area contributed by atoms with Gasteiger partial charge in [-0.2, -0.15) is 0 Å². The molecule has 0 aliphatic heterocycles. The molecule has 0 bridgehead atoms. The van der Waals surface area contributed by atoms with E-state index in [2.05, 4.69) is 15.9 Å². The molecule has 5 heteroatoms. The van der Waals surface area contributed by atoms with E-state index in [-0.39, 0.29) is 16.7 Å². The summed E-state index contributed by atoms with van der Waals surface area (Å²) in [6, 6.07) is 5.04. The Morgan fingerprint density at radius 3 is 2.67 bits per heavy atom. The van der Waals surface area contributed by atoms with Gasteiger partial charge in [0.1, 0.15) is 0 Å². The molecule has 0 spiro atoms. The molecule has 1 aliphatic carbocycles. The fourth-order valence-electron chi connectivity index (χ4n) is 2.25. The third-order valence-corrected chi connectivity index (χ3v) is 3.87. The predicted molar refractivity (Wildman–Crippen MR) is 73.2 cm³/mol. The Morgan fingerprint density at radius 2 is 2.06 bits per heavy atom. The molecule has 4 nitrogen and oxygen atoms in total. The van der Waals surface area contributed by atoms with E-state index in [0.29, 0.717) is 11.1 Å². The van der Waals surface area contributed by atoms with E-state index in [4.69, 9.17) is 4.74 Å². The summed E-state index contributed by atoms with van der Waals surface area (Å²) in [5.74, 6) is 0.406. The van der Waals surface area contributed by atoms with Crippen molar-refractivity contribution in [1.29, 1.82) is 0 Å². The van der Waals surface area contributed by atoms with E-state index < -0.39 is 0 Å². The fourth-order valence-corrected chi connectivity index (χ4v) is 2.60. The first-order valence-corrected chi connectivity index (χ1v) is 7.33. The van der Waals surface area contributed by atoms with Crippen molar-refractivity contribution < 1.29 is 9.66 Å². The van der Waals surface area contributed by atoms with Gasteiger partial charge < -0.3 is 4.74 Å². The van der Waals surface area contributed by atoms with Crippen LogP contribution in [0.15, 0.2) is 18.2 Å². The second-order valence-electron chi connectivity index (χ2n) is 4.57. The standard InChI is InChI=1S/C13H16BrNO3/c14-9-10-6-7-12(15(16)17)13(8-10)18-11-4-2-1-3-5-11/h6-8,11H,1-5,9H2. The van der Waals surface area contributed by atoms with E-state index in [1.807, 2.05) is 0 Å². The van der Waals surface area contributed by atoms with Crippen molar-refractivity contribution in [3.05, 3.63) is 33.9 Å². The lowest BCUT2D eigenvalue weighted by atomic mass is 9.98. The predicted octanol–water partition coefficient (Wildman–Crippen LogP) is 4.20. The Balaban J connectivity index is 2.19. The third-order valence-electron chi connectivity index (χ3n) is 3.22. The van der Waals surface area contributed by atoms with E-state index in [1.54, 1.807) is 12.1 Å². The molecule has 1 saturated carbocycles. The van der Waals surface area contributed by atoms with Crippen LogP contribution < -0.4 is 4.74 Å². The summed E-state index contributed by atoms with van der Waals surface area (Å²) in [5.41, 5.74) is 1.05. The van der Waals surface area contributed by atoms with Crippen LogP contribution in [0.2, 0.25) is 0 Å². The summed E-state index contributed by atoms with van der Waals surface area (Å²) >= 11 is 3.35. The monoisotopic (exact) mass is 313 g/mol. The largest absolute Gasteiger partial charge is 0.483 e. The summed E-state index contributed by atoms with van der Waals surface area (Å²) in [6.07, 6.45) is 5.66. The summed E-state index contributed by atoms with van der Waals surface area (Å²) in [7, 11) is 0. The minimum atomic E-state index is -0.379. The van der Waals surface area contributed by atoms with Crippen LogP contribution in [-0.4, -0.2) is 11.0 Å². The van der Waals surface area contributed by atoms with Crippen LogP contribution in [-0.2, 0) is 5.33 Å². The topological polar surface area (TPSA) is 52.4 Å². The van der Waals surface area contributed by atoms with E-state index in [1.165, 1.54) is 12.5 Å². The average Bonchev–Trinajstić information content (AvgIpc) is 2.39. The molecule has 0 atom stereocenters. The second kappa shape index (κ2) is 6.18. The highest BCUT2D eigenvalue weighted by molar-refractivity contribution is 9.08. The van der Waals surface area contributed by atoms with Gasteiger partial charge in [-0.1, -0.05) is 28.4 Å². The molecule has 0 aromatic heterocycles. The number of benzene rings is 1. The minimum Gasteiger partial charge on any atom is -0.483 e. The molecule has 0 radical (unpaired) electrons. The van der Waals surface area contributed by atoms with Crippen LogP contribution in [0.25, 0.3) is 0 Å². The van der Waals surface area contributed by atoms with Crippen LogP contribution in [0, 0.1) is 10.1 Å². The minimum absolute atomic E-state index is 0.0604. The molecular weight excluding hydrogens is 298 g/mol. The van der Waals surface area contributed by atoms with Crippen molar-refractivity contribution in [2.45, 2.75) is 43.5 Å². The first-order chi connectivity index (χ1) is 8.70. The maximum absolute atomic E-state index is 11.0. The summed E-state index contributed by atoms with van der Waals surface area (Å²) in [5, 5.41) is 11.6. The Morgan fingerprint density at radius 1 is 1.33 bits per heavy atom. The zero-order valence-electron chi connectivity index (χ0n) is 10.1. The van der Waals surface area contributed by atoms with E-state index >= 15 is 0 Å². The lowest BCUT2D eigenvalue weighted by molar-refractivity contribution is -0.386. The van der Waals surface area contributed by atoms with Crippen molar-refractivity contribution in [2.24, 2.45) is 0 Å². The lowest BCUT2D eigenvalue weighted by Crippen LogP contribution is -2.20. The summed E-state index contributed by atoms with van der Waals surface area (Å²) in [6.45, 7) is 0. The Bertz CT molecular complexity index is 430.